The summed E-state index contributed by atoms with van der Waals surface area (Å²) < 4.78 is 11.2. The number of anilines is 1. The zero-order valence-electron chi connectivity index (χ0n) is 36.1. The van der Waals surface area contributed by atoms with E-state index in [9.17, 15) is 9.90 Å². The van der Waals surface area contributed by atoms with Crippen LogP contribution in [-0.2, 0) is 11.2 Å². The van der Waals surface area contributed by atoms with E-state index in [2.05, 4.69) is 152 Å². The van der Waals surface area contributed by atoms with Gasteiger partial charge in [-0.2, -0.15) is 4.58 Å². The number of rotatable bonds is 19. The van der Waals surface area contributed by atoms with Crippen molar-refractivity contribution >= 4 is 23.1 Å². The van der Waals surface area contributed by atoms with E-state index in [1.807, 2.05) is 24.3 Å². The SMILES string of the molecule is C/C(=C\C=C1/CCCC(/C=C/C(C)=[N+](\CCC[N+](C)(C)C)c2ccccc2C)=C1Oc1ccc(CCC(=O)O)cc1)N(CCC[N+](C)(C)C)c1ccccc1C. The van der Waals surface area contributed by atoms with E-state index < -0.39 is 5.97 Å². The number of allylic oxidation sites excluding steroid dienone is 7. The number of carbonyl (C=O) groups is 1. The average molecular weight is 762 g/mol. The number of aryl methyl sites for hydroxylation is 3. The lowest BCUT2D eigenvalue weighted by Gasteiger charge is -2.30. The molecule has 0 bridgehead atoms. The highest BCUT2D eigenvalue weighted by Gasteiger charge is 2.21. The van der Waals surface area contributed by atoms with E-state index in [0.717, 1.165) is 84.3 Å². The smallest absolute Gasteiger partial charge is 0.303 e. The Balaban J connectivity index is 1.77. The fourth-order valence-corrected chi connectivity index (χ4v) is 7.18. The number of benzene rings is 3. The molecule has 0 saturated heterocycles. The Morgan fingerprint density at radius 2 is 1.48 bits per heavy atom. The summed E-state index contributed by atoms with van der Waals surface area (Å²) in [4.78, 5) is 13.7. The molecule has 7 heteroatoms. The molecule has 0 spiro atoms. The van der Waals surface area contributed by atoms with Crippen molar-refractivity contribution in [1.82, 2.24) is 0 Å². The lowest BCUT2D eigenvalue weighted by atomic mass is 9.92. The number of hydrogen-bond donors (Lipinski definition) is 1. The van der Waals surface area contributed by atoms with Gasteiger partial charge in [0.05, 0.1) is 61.8 Å². The Hall–Kier alpha value is -4.72. The molecule has 0 fully saturated rings. The summed E-state index contributed by atoms with van der Waals surface area (Å²) >= 11 is 0. The topological polar surface area (TPSA) is 52.8 Å². The van der Waals surface area contributed by atoms with Gasteiger partial charge in [-0.25, -0.2) is 0 Å². The zero-order chi connectivity index (χ0) is 40.9. The largest absolute Gasteiger partial charge is 0.481 e. The van der Waals surface area contributed by atoms with Gasteiger partial charge in [0.2, 0.25) is 5.69 Å². The number of nitrogens with zero attached hydrogens (tertiary/aromatic N) is 4. The van der Waals surface area contributed by atoms with Crippen LogP contribution in [0.3, 0.4) is 0 Å². The molecule has 56 heavy (non-hydrogen) atoms. The number of para-hydroxylation sites is 2. The molecule has 1 aliphatic rings. The van der Waals surface area contributed by atoms with Crippen LogP contribution in [0.2, 0.25) is 0 Å². The Bertz CT molecular complexity index is 1930. The number of quaternary nitrogens is 2. The quantitative estimate of drug-likeness (QED) is 0.0751. The van der Waals surface area contributed by atoms with Crippen molar-refractivity contribution in [3.63, 3.8) is 0 Å². The average Bonchev–Trinajstić information content (AvgIpc) is 3.13. The van der Waals surface area contributed by atoms with Crippen LogP contribution in [0.5, 0.6) is 5.75 Å². The Morgan fingerprint density at radius 1 is 0.839 bits per heavy atom. The predicted molar refractivity (Wildman–Crippen MR) is 235 cm³/mol. The van der Waals surface area contributed by atoms with Gasteiger partial charge >= 0.3 is 5.97 Å². The van der Waals surface area contributed by atoms with Crippen molar-refractivity contribution in [2.75, 3.05) is 73.4 Å². The highest BCUT2D eigenvalue weighted by Crippen LogP contribution is 2.34. The summed E-state index contributed by atoms with van der Waals surface area (Å²) in [5, 5.41) is 9.20. The summed E-state index contributed by atoms with van der Waals surface area (Å²) in [6.07, 6.45) is 14.7. The first-order valence-electron chi connectivity index (χ1n) is 20.4. The van der Waals surface area contributed by atoms with Crippen LogP contribution in [0.25, 0.3) is 0 Å². The second-order valence-corrected chi connectivity index (χ2v) is 17.4. The molecule has 3 aromatic carbocycles. The van der Waals surface area contributed by atoms with Crippen LogP contribution in [-0.4, -0.2) is 98.8 Å². The maximum atomic E-state index is 11.2. The van der Waals surface area contributed by atoms with Gasteiger partial charge in [-0.3, -0.25) is 4.79 Å². The maximum absolute atomic E-state index is 11.2. The molecule has 0 amide bonds. The molecular weight excluding hydrogens is 693 g/mol. The minimum Gasteiger partial charge on any atom is -0.481 e. The third kappa shape index (κ3) is 14.1. The molecule has 0 aliphatic heterocycles. The second kappa shape index (κ2) is 20.4. The molecule has 7 nitrogen and oxygen atoms in total. The number of carboxylic acids is 1. The van der Waals surface area contributed by atoms with Crippen LogP contribution >= 0.6 is 0 Å². The molecule has 0 atom stereocenters. The molecule has 1 N–H and O–H groups in total. The van der Waals surface area contributed by atoms with Crippen molar-refractivity contribution in [3.05, 3.63) is 136 Å². The van der Waals surface area contributed by atoms with Crippen molar-refractivity contribution in [3.8, 4) is 5.75 Å². The van der Waals surface area contributed by atoms with Crippen LogP contribution in [0.1, 0.15) is 69.1 Å². The third-order valence-electron chi connectivity index (χ3n) is 10.4. The molecule has 0 radical (unpaired) electrons. The zero-order valence-corrected chi connectivity index (χ0v) is 36.1. The third-order valence-corrected chi connectivity index (χ3v) is 10.4. The van der Waals surface area contributed by atoms with Crippen LogP contribution in [0.15, 0.2) is 120 Å². The van der Waals surface area contributed by atoms with Gasteiger partial charge in [0.15, 0.2) is 12.3 Å². The van der Waals surface area contributed by atoms with E-state index in [0.29, 0.717) is 6.42 Å². The van der Waals surface area contributed by atoms with E-state index in [1.165, 1.54) is 45.1 Å². The lowest BCUT2D eigenvalue weighted by Crippen LogP contribution is -2.37. The summed E-state index contributed by atoms with van der Waals surface area (Å²) in [6.45, 7) is 12.9. The Morgan fingerprint density at radius 3 is 2.12 bits per heavy atom. The highest BCUT2D eigenvalue weighted by atomic mass is 16.5. The standard InChI is InChI=1S/C49H68N4O3/c1-38-18-11-13-22-46(38)50(34-16-36-52(5,6)7)40(3)24-29-43-20-15-21-44(49(43)56-45-31-26-42(27-32-45)28-33-48(54)55)30-25-41(4)51(35-17-37-53(8,9)10)47-23-14-12-19-39(47)2/h11-14,18-19,22-27,29-32H,15-17,20-21,28,33-37H2,1-10H3/q+2/p+1. The molecule has 0 saturated carbocycles. The molecular formula is C49H69N4O3+3. The van der Waals surface area contributed by atoms with Gasteiger partial charge in [0.25, 0.3) is 0 Å². The normalized spacial score (nSPS) is 15.4. The van der Waals surface area contributed by atoms with Gasteiger partial charge in [0, 0.05) is 55.4 Å². The number of hydrogen-bond acceptors (Lipinski definition) is 3. The molecule has 0 heterocycles. The van der Waals surface area contributed by atoms with Crippen molar-refractivity contribution in [2.45, 2.75) is 72.6 Å². The molecule has 3 aromatic rings. The van der Waals surface area contributed by atoms with Gasteiger partial charge in [-0.1, -0.05) is 54.6 Å². The maximum Gasteiger partial charge on any atom is 0.303 e. The van der Waals surface area contributed by atoms with Crippen molar-refractivity contribution in [2.24, 2.45) is 0 Å². The predicted octanol–water partition coefficient (Wildman–Crippen LogP) is 10.0. The van der Waals surface area contributed by atoms with E-state index in [4.69, 9.17) is 4.74 Å². The van der Waals surface area contributed by atoms with E-state index in [-0.39, 0.29) is 6.42 Å². The number of aliphatic carboxylic acids is 1. The van der Waals surface area contributed by atoms with Crippen molar-refractivity contribution in [1.29, 1.82) is 0 Å². The minimum atomic E-state index is -0.789. The van der Waals surface area contributed by atoms with E-state index in [1.54, 1.807) is 0 Å². The fourth-order valence-electron chi connectivity index (χ4n) is 7.18. The summed E-state index contributed by atoms with van der Waals surface area (Å²) in [5.74, 6) is 0.869. The first-order chi connectivity index (χ1) is 26.5. The highest BCUT2D eigenvalue weighted by molar-refractivity contribution is 5.90. The Kier molecular flexibility index (Phi) is 16.1. The van der Waals surface area contributed by atoms with E-state index >= 15 is 0 Å². The van der Waals surface area contributed by atoms with Crippen LogP contribution in [0.4, 0.5) is 11.4 Å². The molecule has 0 unspecified atom stereocenters. The number of carboxylic acid groups (broad SMARTS) is 1. The second-order valence-electron chi connectivity index (χ2n) is 17.4. The minimum absolute atomic E-state index is 0.110. The van der Waals surface area contributed by atoms with Crippen molar-refractivity contribution < 1.29 is 28.2 Å². The molecule has 300 valence electrons. The van der Waals surface area contributed by atoms with Crippen LogP contribution < -0.4 is 9.64 Å². The molecule has 1 aliphatic carbocycles. The molecule has 0 aromatic heterocycles. The summed E-state index contributed by atoms with van der Waals surface area (Å²) in [6, 6.07) is 25.2. The monoisotopic (exact) mass is 762 g/mol. The van der Waals surface area contributed by atoms with Crippen LogP contribution in [0, 0.1) is 13.8 Å². The summed E-state index contributed by atoms with van der Waals surface area (Å²) in [7, 11) is 13.5. The van der Waals surface area contributed by atoms with Gasteiger partial charge in [0.1, 0.15) is 11.5 Å². The number of ether oxygens (including phenoxy) is 1. The Labute approximate surface area is 338 Å². The van der Waals surface area contributed by atoms with Gasteiger partial charge in [-0.05, 0) is 99.1 Å². The van der Waals surface area contributed by atoms with Gasteiger partial charge < -0.3 is 23.7 Å². The fraction of sp³-hybridized carbons (Fsp3) is 0.429. The summed E-state index contributed by atoms with van der Waals surface area (Å²) in [5.41, 5.74) is 10.8. The first kappa shape index (κ1) is 44.0. The lowest BCUT2D eigenvalue weighted by molar-refractivity contribution is -0.871. The molecule has 4 rings (SSSR count). The van der Waals surface area contributed by atoms with Gasteiger partial charge in [-0.15, -0.1) is 0 Å². The first-order valence-corrected chi connectivity index (χ1v) is 20.4.